The van der Waals surface area contributed by atoms with Gasteiger partial charge in [-0.25, -0.2) is 0 Å². The van der Waals surface area contributed by atoms with E-state index in [0.717, 1.165) is 49.7 Å². The number of ether oxygens (including phenoxy) is 2. The van der Waals surface area contributed by atoms with Gasteiger partial charge in [-0.3, -0.25) is 0 Å². The van der Waals surface area contributed by atoms with E-state index in [1.54, 1.807) is 7.11 Å². The first kappa shape index (κ1) is 21.0. The van der Waals surface area contributed by atoms with E-state index in [9.17, 15) is 5.11 Å². The Kier molecular flexibility index (Phi) is 8.23. The molecule has 3 N–H and O–H groups in total. The van der Waals surface area contributed by atoms with Gasteiger partial charge in [0.05, 0.1) is 20.3 Å². The average molecular weight is 364 g/mol. The molecular formula is C22H37NO3. The Morgan fingerprint density at radius 1 is 1.23 bits per heavy atom. The van der Waals surface area contributed by atoms with Crippen molar-refractivity contribution in [2.45, 2.75) is 70.8 Å². The van der Waals surface area contributed by atoms with Gasteiger partial charge in [-0.2, -0.15) is 0 Å². The predicted octanol–water partition coefficient (Wildman–Crippen LogP) is 4.32. The van der Waals surface area contributed by atoms with Crippen LogP contribution in [0.5, 0.6) is 11.5 Å². The zero-order valence-corrected chi connectivity index (χ0v) is 16.8. The van der Waals surface area contributed by atoms with Crippen molar-refractivity contribution in [3.63, 3.8) is 0 Å². The number of aryl methyl sites for hydroxylation is 1. The van der Waals surface area contributed by atoms with Gasteiger partial charge in [0, 0.05) is 5.54 Å². The molecule has 0 amide bonds. The monoisotopic (exact) mass is 363 g/mol. The molecule has 0 radical (unpaired) electrons. The summed E-state index contributed by atoms with van der Waals surface area (Å²) in [5.74, 6) is 3.05. The molecule has 1 unspecified atom stereocenters. The minimum Gasteiger partial charge on any atom is -0.493 e. The lowest BCUT2D eigenvalue weighted by atomic mass is 9.88. The molecule has 1 aromatic rings. The first-order chi connectivity index (χ1) is 12.5. The van der Waals surface area contributed by atoms with Crippen molar-refractivity contribution in [1.29, 1.82) is 0 Å². The van der Waals surface area contributed by atoms with Crippen LogP contribution < -0.4 is 15.2 Å². The molecule has 0 saturated heterocycles. The van der Waals surface area contributed by atoms with Gasteiger partial charge in [-0.15, -0.1) is 0 Å². The number of benzene rings is 1. The van der Waals surface area contributed by atoms with Crippen molar-refractivity contribution in [1.82, 2.24) is 0 Å². The molecule has 1 aliphatic rings. The molecule has 1 saturated carbocycles. The largest absolute Gasteiger partial charge is 0.493 e. The highest BCUT2D eigenvalue weighted by Crippen LogP contribution is 2.37. The van der Waals surface area contributed by atoms with E-state index in [1.165, 1.54) is 31.2 Å². The number of nitrogens with two attached hydrogens (primary N) is 1. The summed E-state index contributed by atoms with van der Waals surface area (Å²) in [5, 5.41) is 9.69. The van der Waals surface area contributed by atoms with Crippen LogP contribution in [0.2, 0.25) is 0 Å². The van der Waals surface area contributed by atoms with Crippen molar-refractivity contribution in [3.05, 3.63) is 23.8 Å². The zero-order chi connectivity index (χ0) is 19.0. The summed E-state index contributed by atoms with van der Waals surface area (Å²) in [6, 6.07) is 6.12. The highest BCUT2D eigenvalue weighted by atomic mass is 16.5. The quantitative estimate of drug-likeness (QED) is 0.512. The number of hydrogen-bond donors (Lipinski definition) is 2. The molecule has 1 aromatic carbocycles. The van der Waals surface area contributed by atoms with Crippen LogP contribution in [0.3, 0.4) is 0 Å². The number of methoxy groups -OCH3 is 1. The lowest BCUT2D eigenvalue weighted by Crippen LogP contribution is -2.44. The van der Waals surface area contributed by atoms with Gasteiger partial charge >= 0.3 is 0 Å². The second kappa shape index (κ2) is 10.2. The molecule has 26 heavy (non-hydrogen) atoms. The van der Waals surface area contributed by atoms with Gasteiger partial charge in [0.1, 0.15) is 0 Å². The molecule has 1 aliphatic carbocycles. The number of aliphatic hydroxyl groups is 1. The highest BCUT2D eigenvalue weighted by molar-refractivity contribution is 5.43. The Bertz CT molecular complexity index is 542. The Hall–Kier alpha value is -1.26. The van der Waals surface area contributed by atoms with Crippen molar-refractivity contribution in [3.8, 4) is 11.5 Å². The maximum Gasteiger partial charge on any atom is 0.161 e. The van der Waals surface area contributed by atoms with E-state index < -0.39 is 5.54 Å². The SMILES string of the molecule is COc1cc(CCC(N)(CO)CC2CC2)ccc1OCCCCC(C)C. The van der Waals surface area contributed by atoms with Gasteiger partial charge in [0.15, 0.2) is 11.5 Å². The Balaban J connectivity index is 1.84. The molecular weight excluding hydrogens is 326 g/mol. The number of hydrogen-bond acceptors (Lipinski definition) is 4. The predicted molar refractivity (Wildman–Crippen MR) is 107 cm³/mol. The van der Waals surface area contributed by atoms with Gasteiger partial charge < -0.3 is 20.3 Å². The van der Waals surface area contributed by atoms with Crippen molar-refractivity contribution in [2.24, 2.45) is 17.6 Å². The number of rotatable bonds is 13. The zero-order valence-electron chi connectivity index (χ0n) is 16.8. The van der Waals surface area contributed by atoms with Crippen molar-refractivity contribution >= 4 is 0 Å². The standard InChI is InChI=1S/C22H37NO3/c1-17(2)6-4-5-13-26-20-10-9-18(14-21(20)25-3)11-12-22(23,16-24)15-19-7-8-19/h9-10,14,17,19,24H,4-8,11-13,15-16,23H2,1-3H3. The molecule has 0 aromatic heterocycles. The molecule has 4 nitrogen and oxygen atoms in total. The van der Waals surface area contributed by atoms with E-state index in [2.05, 4.69) is 19.9 Å². The number of aliphatic hydroxyl groups excluding tert-OH is 1. The Labute approximate surface area is 159 Å². The van der Waals surface area contributed by atoms with E-state index >= 15 is 0 Å². The topological polar surface area (TPSA) is 64.7 Å². The van der Waals surface area contributed by atoms with Gasteiger partial charge in [-0.1, -0.05) is 39.2 Å². The fourth-order valence-corrected chi connectivity index (χ4v) is 3.36. The molecule has 0 bridgehead atoms. The van der Waals surface area contributed by atoms with Crippen LogP contribution in [0.4, 0.5) is 0 Å². The molecule has 0 aliphatic heterocycles. The summed E-state index contributed by atoms with van der Waals surface area (Å²) in [5.41, 5.74) is 7.11. The van der Waals surface area contributed by atoms with Crippen molar-refractivity contribution in [2.75, 3.05) is 20.3 Å². The van der Waals surface area contributed by atoms with Crippen LogP contribution >= 0.6 is 0 Å². The molecule has 4 heteroatoms. The maximum atomic E-state index is 9.69. The van der Waals surface area contributed by atoms with Crippen LogP contribution in [-0.2, 0) is 6.42 Å². The molecule has 148 valence electrons. The molecule has 1 fully saturated rings. The summed E-state index contributed by atoms with van der Waals surface area (Å²) >= 11 is 0. The molecule has 0 spiro atoms. The van der Waals surface area contributed by atoms with Gasteiger partial charge in [-0.05, 0) is 61.6 Å². The highest BCUT2D eigenvalue weighted by Gasteiger charge is 2.33. The van der Waals surface area contributed by atoms with E-state index in [1.807, 2.05) is 12.1 Å². The van der Waals surface area contributed by atoms with Crippen molar-refractivity contribution < 1.29 is 14.6 Å². The Morgan fingerprint density at radius 2 is 2.00 bits per heavy atom. The van der Waals surface area contributed by atoms with E-state index in [-0.39, 0.29) is 6.61 Å². The average Bonchev–Trinajstić information content (AvgIpc) is 3.43. The summed E-state index contributed by atoms with van der Waals surface area (Å²) in [4.78, 5) is 0. The second-order valence-electron chi connectivity index (χ2n) is 8.39. The van der Waals surface area contributed by atoms with Crippen LogP contribution in [-0.4, -0.2) is 31.0 Å². The smallest absolute Gasteiger partial charge is 0.161 e. The van der Waals surface area contributed by atoms with Crippen LogP contribution in [0.1, 0.15) is 64.4 Å². The summed E-state index contributed by atoms with van der Waals surface area (Å²) in [6.07, 6.45) is 8.58. The second-order valence-corrected chi connectivity index (χ2v) is 8.39. The third-order valence-electron chi connectivity index (χ3n) is 5.28. The minimum atomic E-state index is -0.458. The summed E-state index contributed by atoms with van der Waals surface area (Å²) in [7, 11) is 1.68. The lowest BCUT2D eigenvalue weighted by molar-refractivity contribution is 0.172. The van der Waals surface area contributed by atoms with Crippen LogP contribution in [0, 0.1) is 11.8 Å². The Morgan fingerprint density at radius 3 is 2.62 bits per heavy atom. The fraction of sp³-hybridized carbons (Fsp3) is 0.727. The first-order valence-corrected chi connectivity index (χ1v) is 10.2. The molecule has 2 rings (SSSR count). The fourth-order valence-electron chi connectivity index (χ4n) is 3.36. The first-order valence-electron chi connectivity index (χ1n) is 10.2. The summed E-state index contributed by atoms with van der Waals surface area (Å²) in [6.45, 7) is 5.28. The molecule has 0 heterocycles. The van der Waals surface area contributed by atoms with Crippen LogP contribution in [0.25, 0.3) is 0 Å². The van der Waals surface area contributed by atoms with Gasteiger partial charge in [0.25, 0.3) is 0 Å². The normalized spacial score (nSPS) is 16.5. The van der Waals surface area contributed by atoms with Gasteiger partial charge in [0.2, 0.25) is 0 Å². The lowest BCUT2D eigenvalue weighted by Gasteiger charge is -2.27. The van der Waals surface area contributed by atoms with E-state index in [4.69, 9.17) is 15.2 Å². The summed E-state index contributed by atoms with van der Waals surface area (Å²) < 4.78 is 11.4. The number of unbranched alkanes of at least 4 members (excludes halogenated alkanes) is 1. The third kappa shape index (κ3) is 7.16. The van der Waals surface area contributed by atoms with Crippen LogP contribution in [0.15, 0.2) is 18.2 Å². The maximum absolute atomic E-state index is 9.69. The third-order valence-corrected chi connectivity index (χ3v) is 5.28. The minimum absolute atomic E-state index is 0.0538. The molecule has 1 atom stereocenters. The van der Waals surface area contributed by atoms with E-state index in [0.29, 0.717) is 5.92 Å².